The fourth-order valence-electron chi connectivity index (χ4n) is 1.88. The van der Waals surface area contributed by atoms with Gasteiger partial charge in [0.25, 0.3) is 0 Å². The highest BCUT2D eigenvalue weighted by Crippen LogP contribution is 2.21. The van der Waals surface area contributed by atoms with Gasteiger partial charge >= 0.3 is 5.97 Å². The molecule has 2 heterocycles. The van der Waals surface area contributed by atoms with Crippen molar-refractivity contribution < 1.29 is 17.9 Å². The Hall–Kier alpha value is -1.15. The Morgan fingerprint density at radius 1 is 1.53 bits per heavy atom. The van der Waals surface area contributed by atoms with Gasteiger partial charge in [-0.15, -0.1) is 11.3 Å². The average Bonchev–Trinajstić information content (AvgIpc) is 2.79. The molecule has 1 N–H and O–H groups in total. The minimum atomic E-state index is -2.84. The number of rotatable bonds is 4. The SMILES string of the molecule is COC(=O)Cc1csc(NC2CCS(=O)(=O)CC2)n1. The summed E-state index contributed by atoms with van der Waals surface area (Å²) < 4.78 is 27.2. The highest BCUT2D eigenvalue weighted by atomic mass is 32.2. The van der Waals surface area contributed by atoms with Crippen LogP contribution in [0.3, 0.4) is 0 Å². The van der Waals surface area contributed by atoms with Crippen LogP contribution in [0.25, 0.3) is 0 Å². The van der Waals surface area contributed by atoms with Crippen molar-refractivity contribution in [3.05, 3.63) is 11.1 Å². The summed E-state index contributed by atoms with van der Waals surface area (Å²) in [5.74, 6) is 0.136. The van der Waals surface area contributed by atoms with Gasteiger partial charge in [0.05, 0.1) is 30.7 Å². The predicted molar refractivity (Wildman–Crippen MR) is 73.1 cm³/mol. The molecule has 6 nitrogen and oxygen atoms in total. The maximum absolute atomic E-state index is 11.3. The van der Waals surface area contributed by atoms with Crippen LogP contribution in [-0.2, 0) is 25.8 Å². The van der Waals surface area contributed by atoms with Gasteiger partial charge in [0.15, 0.2) is 5.13 Å². The predicted octanol–water partition coefficient (Wildman–Crippen LogP) is 0.848. The van der Waals surface area contributed by atoms with Crippen molar-refractivity contribution in [2.24, 2.45) is 0 Å². The van der Waals surface area contributed by atoms with E-state index in [-0.39, 0.29) is 29.9 Å². The van der Waals surface area contributed by atoms with Gasteiger partial charge in [-0.3, -0.25) is 4.79 Å². The van der Waals surface area contributed by atoms with Crippen LogP contribution in [0, 0.1) is 0 Å². The quantitative estimate of drug-likeness (QED) is 0.830. The molecule has 1 aromatic heterocycles. The number of aromatic nitrogens is 1. The van der Waals surface area contributed by atoms with E-state index in [0.717, 1.165) is 5.13 Å². The summed E-state index contributed by atoms with van der Waals surface area (Å²) in [7, 11) is -1.50. The van der Waals surface area contributed by atoms with Crippen LogP contribution in [0.4, 0.5) is 5.13 Å². The van der Waals surface area contributed by atoms with Crippen LogP contribution in [0.5, 0.6) is 0 Å². The molecule has 0 amide bonds. The van der Waals surface area contributed by atoms with E-state index in [0.29, 0.717) is 18.5 Å². The summed E-state index contributed by atoms with van der Waals surface area (Å²) in [6.07, 6.45) is 1.37. The number of methoxy groups -OCH3 is 1. The van der Waals surface area contributed by atoms with E-state index >= 15 is 0 Å². The molecule has 0 atom stereocenters. The third-order valence-corrected chi connectivity index (χ3v) is 5.52. The molecule has 19 heavy (non-hydrogen) atoms. The minimum absolute atomic E-state index is 0.139. The Morgan fingerprint density at radius 3 is 2.84 bits per heavy atom. The molecular weight excluding hydrogens is 288 g/mol. The summed E-state index contributed by atoms with van der Waals surface area (Å²) in [5, 5.41) is 5.75. The molecule has 2 rings (SSSR count). The molecule has 1 aliphatic heterocycles. The van der Waals surface area contributed by atoms with Crippen LogP contribution in [0.15, 0.2) is 5.38 Å². The smallest absolute Gasteiger partial charge is 0.311 e. The number of ether oxygens (including phenoxy) is 1. The molecule has 1 saturated heterocycles. The van der Waals surface area contributed by atoms with E-state index in [1.807, 2.05) is 0 Å². The zero-order chi connectivity index (χ0) is 13.9. The third-order valence-electron chi connectivity index (χ3n) is 2.99. The van der Waals surface area contributed by atoms with Gasteiger partial charge in [0, 0.05) is 11.4 Å². The molecule has 0 saturated carbocycles. The fourth-order valence-corrected chi connectivity index (χ4v) is 4.16. The molecule has 106 valence electrons. The number of esters is 1. The van der Waals surface area contributed by atoms with Gasteiger partial charge < -0.3 is 10.1 Å². The van der Waals surface area contributed by atoms with E-state index in [9.17, 15) is 13.2 Å². The van der Waals surface area contributed by atoms with Crippen molar-refractivity contribution in [2.45, 2.75) is 25.3 Å². The summed E-state index contributed by atoms with van der Waals surface area (Å²) >= 11 is 1.42. The molecule has 0 aliphatic carbocycles. The van der Waals surface area contributed by atoms with Crippen LogP contribution in [0.2, 0.25) is 0 Å². The highest BCUT2D eigenvalue weighted by Gasteiger charge is 2.24. The minimum Gasteiger partial charge on any atom is -0.469 e. The number of carbonyl (C=O) groups is 1. The van der Waals surface area contributed by atoms with Gasteiger partial charge in [-0.2, -0.15) is 0 Å². The Labute approximate surface area is 116 Å². The Balaban J connectivity index is 1.88. The molecule has 0 aromatic carbocycles. The molecule has 1 fully saturated rings. The molecule has 0 bridgehead atoms. The van der Waals surface area contributed by atoms with Crippen LogP contribution < -0.4 is 5.32 Å². The van der Waals surface area contributed by atoms with Gasteiger partial charge in [0.2, 0.25) is 0 Å². The molecule has 0 unspecified atom stereocenters. The summed E-state index contributed by atoms with van der Waals surface area (Å²) in [6.45, 7) is 0. The zero-order valence-electron chi connectivity index (χ0n) is 10.6. The lowest BCUT2D eigenvalue weighted by atomic mass is 10.2. The first-order chi connectivity index (χ1) is 8.98. The third kappa shape index (κ3) is 4.17. The van der Waals surface area contributed by atoms with Crippen LogP contribution in [0.1, 0.15) is 18.5 Å². The lowest BCUT2D eigenvalue weighted by Crippen LogP contribution is -2.32. The highest BCUT2D eigenvalue weighted by molar-refractivity contribution is 7.91. The largest absolute Gasteiger partial charge is 0.469 e. The van der Waals surface area contributed by atoms with Gasteiger partial charge in [-0.05, 0) is 12.8 Å². The molecule has 0 spiro atoms. The first kappa shape index (κ1) is 14.3. The summed E-state index contributed by atoms with van der Waals surface area (Å²) in [6, 6.07) is 0.139. The number of hydrogen-bond donors (Lipinski definition) is 1. The van der Waals surface area contributed by atoms with Crippen LogP contribution >= 0.6 is 11.3 Å². The van der Waals surface area contributed by atoms with Gasteiger partial charge in [-0.25, -0.2) is 13.4 Å². The maximum atomic E-state index is 11.3. The first-order valence-corrected chi connectivity index (χ1v) is 8.67. The number of anilines is 1. The monoisotopic (exact) mass is 304 g/mol. The fraction of sp³-hybridized carbons (Fsp3) is 0.636. The number of sulfone groups is 1. The number of thiazole rings is 1. The Bertz CT molecular complexity index is 539. The van der Waals surface area contributed by atoms with E-state index in [1.54, 1.807) is 5.38 Å². The lowest BCUT2D eigenvalue weighted by Gasteiger charge is -2.22. The molecule has 1 aromatic rings. The molecule has 0 radical (unpaired) electrons. The number of hydrogen-bond acceptors (Lipinski definition) is 7. The lowest BCUT2D eigenvalue weighted by molar-refractivity contribution is -0.139. The van der Waals surface area contributed by atoms with E-state index in [4.69, 9.17) is 0 Å². The molecule has 8 heteroatoms. The Kier molecular flexibility index (Phi) is 4.41. The Morgan fingerprint density at radius 2 is 2.21 bits per heavy atom. The normalized spacial score (nSPS) is 19.0. The van der Waals surface area contributed by atoms with E-state index in [2.05, 4.69) is 15.0 Å². The topological polar surface area (TPSA) is 85.4 Å². The summed E-state index contributed by atoms with van der Waals surface area (Å²) in [5.41, 5.74) is 0.669. The van der Waals surface area contributed by atoms with Crippen molar-refractivity contribution >= 4 is 32.3 Å². The zero-order valence-corrected chi connectivity index (χ0v) is 12.2. The van der Waals surface area contributed by atoms with Crippen molar-refractivity contribution in [1.82, 2.24) is 4.98 Å². The van der Waals surface area contributed by atoms with E-state index < -0.39 is 9.84 Å². The second-order valence-corrected chi connectivity index (χ2v) is 7.63. The second kappa shape index (κ2) is 5.87. The van der Waals surface area contributed by atoms with E-state index in [1.165, 1.54) is 18.4 Å². The molecular formula is C11H16N2O4S2. The van der Waals surface area contributed by atoms with Crippen molar-refractivity contribution in [3.8, 4) is 0 Å². The second-order valence-electron chi connectivity index (χ2n) is 4.47. The molecule has 1 aliphatic rings. The van der Waals surface area contributed by atoms with Gasteiger partial charge in [-0.1, -0.05) is 0 Å². The number of nitrogens with one attached hydrogen (secondary N) is 1. The van der Waals surface area contributed by atoms with Crippen molar-refractivity contribution in [2.75, 3.05) is 23.9 Å². The standard InChI is InChI=1S/C11H16N2O4S2/c1-17-10(14)6-9-7-18-11(13-9)12-8-2-4-19(15,16)5-3-8/h7-8H,2-6H2,1H3,(H,12,13). The van der Waals surface area contributed by atoms with Gasteiger partial charge in [0.1, 0.15) is 9.84 Å². The van der Waals surface area contributed by atoms with Crippen LogP contribution in [-0.4, -0.2) is 44.0 Å². The van der Waals surface area contributed by atoms with Crippen molar-refractivity contribution in [3.63, 3.8) is 0 Å². The van der Waals surface area contributed by atoms with Crippen molar-refractivity contribution in [1.29, 1.82) is 0 Å². The maximum Gasteiger partial charge on any atom is 0.311 e. The number of carbonyl (C=O) groups excluding carboxylic acids is 1. The average molecular weight is 304 g/mol. The summed E-state index contributed by atoms with van der Waals surface area (Å²) in [4.78, 5) is 15.4. The number of nitrogens with zero attached hydrogens (tertiary/aromatic N) is 1. The first-order valence-electron chi connectivity index (χ1n) is 5.97.